The van der Waals surface area contributed by atoms with E-state index in [9.17, 15) is 0 Å². The number of hydrogen-bond acceptors (Lipinski definition) is 5. The molecule has 1 aromatic heterocycles. The Bertz CT molecular complexity index is 589. The number of ether oxygens (including phenoxy) is 1. The van der Waals surface area contributed by atoms with Crippen LogP contribution in [0.1, 0.15) is 5.56 Å². The Balaban J connectivity index is 2.35. The molecule has 0 radical (unpaired) electrons. The van der Waals surface area contributed by atoms with E-state index in [0.717, 1.165) is 11.3 Å². The van der Waals surface area contributed by atoms with E-state index in [2.05, 4.69) is 20.6 Å². The van der Waals surface area contributed by atoms with Gasteiger partial charge < -0.3 is 15.4 Å². The van der Waals surface area contributed by atoms with E-state index < -0.39 is 0 Å². The lowest BCUT2D eigenvalue weighted by atomic mass is 10.2. The summed E-state index contributed by atoms with van der Waals surface area (Å²) in [6, 6.07) is 5.72. The molecule has 0 bridgehead atoms. The van der Waals surface area contributed by atoms with Crippen LogP contribution in [0.4, 0.5) is 17.3 Å². The number of methoxy groups -OCH3 is 1. The van der Waals surface area contributed by atoms with Crippen LogP contribution >= 0.6 is 11.6 Å². The van der Waals surface area contributed by atoms with Gasteiger partial charge in [-0.2, -0.15) is 0 Å². The van der Waals surface area contributed by atoms with Crippen molar-refractivity contribution in [2.45, 2.75) is 6.92 Å². The minimum absolute atomic E-state index is 0.557. The molecule has 100 valence electrons. The summed E-state index contributed by atoms with van der Waals surface area (Å²) in [6.07, 6.45) is 1.46. The smallest absolute Gasteiger partial charge is 0.204 e. The monoisotopic (exact) mass is 278 g/mol. The Morgan fingerprint density at radius 1 is 1.21 bits per heavy atom. The molecule has 0 spiro atoms. The van der Waals surface area contributed by atoms with Gasteiger partial charge in [0.25, 0.3) is 0 Å². The van der Waals surface area contributed by atoms with Gasteiger partial charge in [-0.15, -0.1) is 0 Å². The summed E-state index contributed by atoms with van der Waals surface area (Å²) < 4.78 is 5.31. The summed E-state index contributed by atoms with van der Waals surface area (Å²) in [5.74, 6) is 1.77. The molecule has 19 heavy (non-hydrogen) atoms. The van der Waals surface area contributed by atoms with Gasteiger partial charge in [0.15, 0.2) is 11.6 Å². The maximum absolute atomic E-state index is 6.10. The van der Waals surface area contributed by atoms with Gasteiger partial charge in [0.05, 0.1) is 7.11 Å². The molecule has 0 unspecified atom stereocenters. The molecule has 0 atom stereocenters. The molecule has 6 heteroatoms. The van der Waals surface area contributed by atoms with E-state index in [0.29, 0.717) is 22.4 Å². The van der Waals surface area contributed by atoms with E-state index in [-0.39, 0.29) is 0 Å². The number of aryl methyl sites for hydroxylation is 1. The number of halogens is 1. The molecule has 2 N–H and O–H groups in total. The van der Waals surface area contributed by atoms with Crippen LogP contribution in [-0.2, 0) is 0 Å². The first-order chi connectivity index (χ1) is 9.15. The zero-order valence-corrected chi connectivity index (χ0v) is 11.7. The van der Waals surface area contributed by atoms with Crippen LogP contribution in [0.2, 0.25) is 5.02 Å². The van der Waals surface area contributed by atoms with E-state index in [1.165, 1.54) is 6.33 Å². The Morgan fingerprint density at radius 2 is 1.95 bits per heavy atom. The highest BCUT2D eigenvalue weighted by Crippen LogP contribution is 2.31. The fourth-order valence-corrected chi connectivity index (χ4v) is 1.82. The largest absolute Gasteiger partial charge is 0.490 e. The van der Waals surface area contributed by atoms with Gasteiger partial charge in [0.1, 0.15) is 6.33 Å². The molecule has 0 aliphatic heterocycles. The highest BCUT2D eigenvalue weighted by atomic mass is 35.5. The topological polar surface area (TPSA) is 59.1 Å². The highest BCUT2D eigenvalue weighted by molar-refractivity contribution is 6.31. The van der Waals surface area contributed by atoms with Crippen LogP contribution in [-0.4, -0.2) is 24.1 Å². The summed E-state index contributed by atoms with van der Waals surface area (Å²) in [5.41, 5.74) is 1.87. The Morgan fingerprint density at radius 3 is 2.58 bits per heavy atom. The van der Waals surface area contributed by atoms with Gasteiger partial charge in [0, 0.05) is 17.8 Å². The van der Waals surface area contributed by atoms with Crippen LogP contribution in [0.3, 0.4) is 0 Å². The van der Waals surface area contributed by atoms with Gasteiger partial charge in [-0.05, 0) is 24.6 Å². The van der Waals surface area contributed by atoms with Gasteiger partial charge in [-0.3, -0.25) is 0 Å². The average Bonchev–Trinajstić information content (AvgIpc) is 2.42. The summed E-state index contributed by atoms with van der Waals surface area (Å²) in [4.78, 5) is 8.26. The average molecular weight is 279 g/mol. The molecule has 0 saturated heterocycles. The van der Waals surface area contributed by atoms with E-state index >= 15 is 0 Å². The summed E-state index contributed by atoms with van der Waals surface area (Å²) >= 11 is 6.10. The molecule has 1 heterocycles. The third-order valence-corrected chi connectivity index (χ3v) is 3.09. The molecular weight excluding hydrogens is 264 g/mol. The van der Waals surface area contributed by atoms with Crippen LogP contribution in [0, 0.1) is 6.92 Å². The first kappa shape index (κ1) is 13.4. The second kappa shape index (κ2) is 5.75. The van der Waals surface area contributed by atoms with Crippen LogP contribution in [0.25, 0.3) is 0 Å². The Kier molecular flexibility index (Phi) is 4.06. The van der Waals surface area contributed by atoms with Gasteiger partial charge in [-0.25, -0.2) is 9.97 Å². The fraction of sp³-hybridized carbons (Fsp3) is 0.231. The highest BCUT2D eigenvalue weighted by Gasteiger charge is 2.11. The number of nitrogens with one attached hydrogen (secondary N) is 2. The maximum Gasteiger partial charge on any atom is 0.204 e. The minimum Gasteiger partial charge on any atom is -0.490 e. The number of nitrogens with zero attached hydrogens (tertiary/aromatic N) is 2. The van der Waals surface area contributed by atoms with Gasteiger partial charge in [0.2, 0.25) is 5.75 Å². The molecule has 5 nitrogen and oxygen atoms in total. The molecule has 0 fully saturated rings. The first-order valence-electron chi connectivity index (χ1n) is 5.75. The predicted octanol–water partition coefficient (Wildman–Crippen LogP) is 3.23. The van der Waals surface area contributed by atoms with E-state index in [1.54, 1.807) is 14.2 Å². The van der Waals surface area contributed by atoms with Gasteiger partial charge >= 0.3 is 0 Å². The molecule has 2 rings (SSSR count). The Labute approximate surface area is 117 Å². The maximum atomic E-state index is 6.10. The molecule has 2 aromatic rings. The van der Waals surface area contributed by atoms with Crippen molar-refractivity contribution in [1.29, 1.82) is 0 Å². The fourth-order valence-electron chi connectivity index (χ4n) is 1.64. The molecule has 0 aliphatic carbocycles. The van der Waals surface area contributed by atoms with Crippen LogP contribution in [0.15, 0.2) is 24.5 Å². The molecule has 1 aromatic carbocycles. The summed E-state index contributed by atoms with van der Waals surface area (Å²) in [6.45, 7) is 1.95. The lowest BCUT2D eigenvalue weighted by Gasteiger charge is -2.13. The van der Waals surface area contributed by atoms with Crippen molar-refractivity contribution < 1.29 is 4.74 Å². The molecular formula is C13H15ClN4O. The van der Waals surface area contributed by atoms with Crippen LogP contribution in [0.5, 0.6) is 5.75 Å². The number of benzene rings is 1. The van der Waals surface area contributed by atoms with E-state index in [4.69, 9.17) is 16.3 Å². The number of aromatic nitrogens is 2. The summed E-state index contributed by atoms with van der Waals surface area (Å²) in [7, 11) is 3.35. The van der Waals surface area contributed by atoms with Crippen molar-refractivity contribution >= 4 is 28.9 Å². The van der Waals surface area contributed by atoms with Crippen molar-refractivity contribution in [3.05, 3.63) is 35.1 Å². The lowest BCUT2D eigenvalue weighted by molar-refractivity contribution is 0.415. The van der Waals surface area contributed by atoms with E-state index in [1.807, 2.05) is 25.1 Å². The first-order valence-corrected chi connectivity index (χ1v) is 6.13. The second-order valence-corrected chi connectivity index (χ2v) is 4.35. The number of hydrogen-bond donors (Lipinski definition) is 2. The zero-order valence-electron chi connectivity index (χ0n) is 11.0. The third-order valence-electron chi connectivity index (χ3n) is 2.68. The second-order valence-electron chi connectivity index (χ2n) is 3.94. The van der Waals surface area contributed by atoms with Crippen molar-refractivity contribution in [2.75, 3.05) is 24.8 Å². The number of rotatable bonds is 4. The SMILES string of the molecule is CNc1ncnc(Nc2ccc(C)c(Cl)c2)c1OC. The minimum atomic E-state index is 0.557. The van der Waals surface area contributed by atoms with Crippen molar-refractivity contribution in [3.63, 3.8) is 0 Å². The standard InChI is InChI=1S/C13H15ClN4O/c1-8-4-5-9(6-10(8)14)18-13-11(19-3)12(15-2)16-7-17-13/h4-7H,1-3H3,(H2,15,16,17,18). The Hall–Kier alpha value is -2.01. The quantitative estimate of drug-likeness (QED) is 0.899. The lowest BCUT2D eigenvalue weighted by Crippen LogP contribution is -2.03. The van der Waals surface area contributed by atoms with Crippen LogP contribution < -0.4 is 15.4 Å². The normalized spacial score (nSPS) is 10.1. The predicted molar refractivity (Wildman–Crippen MR) is 77.6 cm³/mol. The van der Waals surface area contributed by atoms with Crippen molar-refractivity contribution in [2.24, 2.45) is 0 Å². The molecule has 0 amide bonds. The molecule has 0 saturated carbocycles. The molecule has 0 aliphatic rings. The number of anilines is 3. The van der Waals surface area contributed by atoms with Gasteiger partial charge in [-0.1, -0.05) is 17.7 Å². The van der Waals surface area contributed by atoms with Crippen molar-refractivity contribution in [1.82, 2.24) is 9.97 Å². The zero-order chi connectivity index (χ0) is 13.8. The van der Waals surface area contributed by atoms with Crippen molar-refractivity contribution in [3.8, 4) is 5.75 Å². The summed E-state index contributed by atoms with van der Waals surface area (Å²) in [5, 5.41) is 6.82. The third kappa shape index (κ3) is 2.88.